The van der Waals surface area contributed by atoms with Crippen molar-refractivity contribution in [3.8, 4) is 0 Å². The number of hydrogen-bond acceptors (Lipinski definition) is 5. The highest BCUT2D eigenvalue weighted by atomic mass is 32.2. The van der Waals surface area contributed by atoms with Gasteiger partial charge in [0.15, 0.2) is 0 Å². The Balaban J connectivity index is 1.95. The first-order valence-corrected chi connectivity index (χ1v) is 7.36. The van der Waals surface area contributed by atoms with E-state index in [0.717, 1.165) is 14.5 Å². The number of rotatable bonds is 2. The van der Waals surface area contributed by atoms with Crippen molar-refractivity contribution in [1.29, 1.82) is 0 Å². The van der Waals surface area contributed by atoms with Gasteiger partial charge in [-0.15, -0.1) is 22.7 Å². The third-order valence-corrected chi connectivity index (χ3v) is 4.95. The van der Waals surface area contributed by atoms with Gasteiger partial charge in [0.2, 0.25) is 0 Å². The lowest BCUT2D eigenvalue weighted by Crippen LogP contribution is -1.64. The van der Waals surface area contributed by atoms with E-state index in [-0.39, 0.29) is 0 Å². The first-order chi connectivity index (χ1) is 8.81. The van der Waals surface area contributed by atoms with E-state index in [9.17, 15) is 0 Å². The van der Waals surface area contributed by atoms with Crippen molar-refractivity contribution in [2.75, 3.05) is 0 Å². The molecule has 0 saturated carbocycles. The summed E-state index contributed by atoms with van der Waals surface area (Å²) in [4.78, 5) is 0. The van der Waals surface area contributed by atoms with Crippen molar-refractivity contribution in [1.82, 2.24) is 0 Å². The first kappa shape index (κ1) is 11.6. The van der Waals surface area contributed by atoms with Crippen LogP contribution >= 0.6 is 34.9 Å². The van der Waals surface area contributed by atoms with Crippen LogP contribution in [0.2, 0.25) is 0 Å². The van der Waals surface area contributed by atoms with E-state index in [2.05, 4.69) is 10.2 Å². The number of benzene rings is 2. The minimum absolute atomic E-state index is 0.857. The average molecular weight is 288 g/mol. The highest BCUT2D eigenvalue weighted by molar-refractivity contribution is 7.77. The summed E-state index contributed by atoms with van der Waals surface area (Å²) >= 11 is 8.44. The topological polar surface area (TPSA) is 24.7 Å². The van der Waals surface area contributed by atoms with Gasteiger partial charge in [0.05, 0.1) is 11.4 Å². The van der Waals surface area contributed by atoms with E-state index in [1.807, 2.05) is 48.5 Å². The predicted molar refractivity (Wildman–Crippen MR) is 81.2 cm³/mol. The quantitative estimate of drug-likeness (QED) is 0.412. The van der Waals surface area contributed by atoms with Crippen LogP contribution in [0, 0.1) is 3.14 Å². The molecule has 0 unspecified atom stereocenters. The minimum atomic E-state index is 0.857. The summed E-state index contributed by atoms with van der Waals surface area (Å²) < 4.78 is 3.33. The van der Waals surface area contributed by atoms with Crippen LogP contribution in [-0.2, 0) is 0 Å². The maximum Gasteiger partial charge on any atom is 0.144 e. The maximum atomic E-state index is 5.18. The third kappa shape index (κ3) is 2.53. The average Bonchev–Trinajstić information content (AvgIpc) is 2.77. The zero-order chi connectivity index (χ0) is 12.4. The van der Waals surface area contributed by atoms with Crippen LogP contribution < -0.4 is 0 Å². The molecule has 0 aliphatic carbocycles. The number of azo groups is 1. The SMILES string of the molecule is S=c1sc2ccc(N=Nc3ccccc3)cc2s1. The molecule has 0 radical (unpaired) electrons. The Morgan fingerprint density at radius 2 is 1.50 bits per heavy atom. The minimum Gasteiger partial charge on any atom is -0.151 e. The molecule has 88 valence electrons. The lowest BCUT2D eigenvalue weighted by atomic mass is 10.3. The normalized spacial score (nSPS) is 11.3. The second kappa shape index (κ2) is 5.06. The van der Waals surface area contributed by atoms with E-state index in [4.69, 9.17) is 12.2 Å². The van der Waals surface area contributed by atoms with Crippen molar-refractivity contribution in [2.24, 2.45) is 10.2 Å². The summed E-state index contributed by atoms with van der Waals surface area (Å²) in [5.74, 6) is 0. The Hall–Kier alpha value is -1.43. The molecule has 0 amide bonds. The number of fused-ring (bicyclic) bond motifs is 1. The fraction of sp³-hybridized carbons (Fsp3) is 0. The van der Waals surface area contributed by atoms with Crippen molar-refractivity contribution >= 4 is 55.7 Å². The molecule has 5 heteroatoms. The van der Waals surface area contributed by atoms with Gasteiger partial charge in [-0.25, -0.2) is 0 Å². The van der Waals surface area contributed by atoms with Crippen LogP contribution in [0.25, 0.3) is 9.40 Å². The molecule has 0 saturated heterocycles. The first-order valence-electron chi connectivity index (χ1n) is 5.32. The van der Waals surface area contributed by atoms with Crippen LogP contribution in [0.3, 0.4) is 0 Å². The summed E-state index contributed by atoms with van der Waals surface area (Å²) in [5, 5.41) is 8.44. The molecule has 1 heterocycles. The number of nitrogens with zero attached hydrogens (tertiary/aromatic N) is 2. The fourth-order valence-electron chi connectivity index (χ4n) is 1.53. The van der Waals surface area contributed by atoms with Crippen LogP contribution in [-0.4, -0.2) is 0 Å². The van der Waals surface area contributed by atoms with Gasteiger partial charge < -0.3 is 0 Å². The smallest absolute Gasteiger partial charge is 0.144 e. The third-order valence-electron chi connectivity index (χ3n) is 2.35. The summed E-state index contributed by atoms with van der Waals surface area (Å²) in [5.41, 5.74) is 1.71. The lowest BCUT2D eigenvalue weighted by Gasteiger charge is -1.93. The Morgan fingerprint density at radius 3 is 2.33 bits per heavy atom. The second-order valence-corrected chi connectivity index (χ2v) is 6.91. The molecule has 0 atom stereocenters. The molecule has 2 nitrogen and oxygen atoms in total. The monoisotopic (exact) mass is 288 g/mol. The molecular formula is C13H8N2S3. The van der Waals surface area contributed by atoms with Gasteiger partial charge in [-0.3, -0.25) is 0 Å². The molecular weight excluding hydrogens is 280 g/mol. The van der Waals surface area contributed by atoms with Gasteiger partial charge in [-0.1, -0.05) is 30.4 Å². The summed E-state index contributed by atoms with van der Waals surface area (Å²) in [6.07, 6.45) is 0. The Labute approximate surface area is 117 Å². The molecule has 3 aromatic rings. The highest BCUT2D eigenvalue weighted by Crippen LogP contribution is 2.31. The zero-order valence-corrected chi connectivity index (χ0v) is 11.7. The molecule has 0 aliphatic heterocycles. The second-order valence-electron chi connectivity index (χ2n) is 3.62. The van der Waals surface area contributed by atoms with E-state index in [1.165, 1.54) is 9.40 Å². The van der Waals surface area contributed by atoms with Crippen LogP contribution in [0.5, 0.6) is 0 Å². The molecule has 0 aliphatic rings. The van der Waals surface area contributed by atoms with Crippen molar-refractivity contribution in [3.63, 3.8) is 0 Å². The molecule has 2 aromatic carbocycles. The molecule has 0 spiro atoms. The molecule has 3 rings (SSSR count). The summed E-state index contributed by atoms with van der Waals surface area (Å²) in [6.45, 7) is 0. The largest absolute Gasteiger partial charge is 0.151 e. The molecule has 0 fully saturated rings. The summed E-state index contributed by atoms with van der Waals surface area (Å²) in [6, 6.07) is 15.7. The van der Waals surface area contributed by atoms with Crippen molar-refractivity contribution in [2.45, 2.75) is 0 Å². The maximum absolute atomic E-state index is 5.18. The van der Waals surface area contributed by atoms with Gasteiger partial charge in [-0.05, 0) is 30.3 Å². The van der Waals surface area contributed by atoms with Crippen molar-refractivity contribution in [3.05, 3.63) is 51.7 Å². The standard InChI is InChI=1S/C13H8N2S3/c16-13-17-11-7-6-10(8-12(11)18-13)15-14-9-4-2-1-3-5-9/h1-8H. The van der Waals surface area contributed by atoms with Crippen LogP contribution in [0.4, 0.5) is 11.4 Å². The van der Waals surface area contributed by atoms with E-state index in [1.54, 1.807) is 22.7 Å². The molecule has 0 N–H and O–H groups in total. The Kier molecular flexibility index (Phi) is 3.27. The fourth-order valence-corrected chi connectivity index (χ4v) is 4.03. The highest BCUT2D eigenvalue weighted by Gasteiger charge is 1.99. The van der Waals surface area contributed by atoms with E-state index in [0.29, 0.717) is 0 Å². The lowest BCUT2D eigenvalue weighted by molar-refractivity contribution is 1.24. The molecule has 18 heavy (non-hydrogen) atoms. The van der Waals surface area contributed by atoms with Crippen molar-refractivity contribution < 1.29 is 0 Å². The van der Waals surface area contributed by atoms with Gasteiger partial charge in [0.25, 0.3) is 0 Å². The zero-order valence-electron chi connectivity index (χ0n) is 9.24. The van der Waals surface area contributed by atoms with Crippen LogP contribution in [0.15, 0.2) is 58.8 Å². The van der Waals surface area contributed by atoms with E-state index < -0.39 is 0 Å². The predicted octanol–water partition coefficient (Wildman–Crippen LogP) is 6.11. The molecule has 0 bridgehead atoms. The number of hydrogen-bond donors (Lipinski definition) is 0. The summed E-state index contributed by atoms with van der Waals surface area (Å²) in [7, 11) is 0. The van der Waals surface area contributed by atoms with Gasteiger partial charge in [0.1, 0.15) is 3.14 Å². The Morgan fingerprint density at radius 1 is 0.778 bits per heavy atom. The van der Waals surface area contributed by atoms with Crippen LogP contribution in [0.1, 0.15) is 0 Å². The van der Waals surface area contributed by atoms with Gasteiger partial charge >= 0.3 is 0 Å². The van der Waals surface area contributed by atoms with E-state index >= 15 is 0 Å². The van der Waals surface area contributed by atoms with Gasteiger partial charge in [-0.2, -0.15) is 10.2 Å². The van der Waals surface area contributed by atoms with Gasteiger partial charge in [0, 0.05) is 9.40 Å². The Bertz CT molecular complexity index is 757. The molecule has 1 aromatic heterocycles.